The molecule has 0 aliphatic carbocycles. The van der Waals surface area contributed by atoms with Gasteiger partial charge in [0.05, 0.1) is 0 Å². The second kappa shape index (κ2) is 15.1. The highest BCUT2D eigenvalue weighted by Crippen LogP contribution is 2.40. The average Bonchev–Trinajstić information content (AvgIpc) is 3.71. The van der Waals surface area contributed by atoms with Crippen molar-refractivity contribution in [1.29, 1.82) is 0 Å². The lowest BCUT2D eigenvalue weighted by Crippen LogP contribution is -2.10. The molecular weight excluding hydrogens is 727 g/mol. The van der Waals surface area contributed by atoms with E-state index < -0.39 is 0 Å². The Morgan fingerprint density at radius 3 is 1.45 bits per heavy atom. The van der Waals surface area contributed by atoms with Crippen molar-refractivity contribution in [1.82, 2.24) is 0 Å². The van der Waals surface area contributed by atoms with Crippen LogP contribution in [0.25, 0.3) is 88.3 Å². The number of anilines is 3. The van der Waals surface area contributed by atoms with Gasteiger partial charge in [-0.15, -0.1) is 0 Å². The number of hydrogen-bond donors (Lipinski definition) is 0. The molecule has 0 saturated heterocycles. The lowest BCUT2D eigenvalue weighted by atomic mass is 9.96. The fraction of sp³-hybridized carbons (Fsp3) is 0. The van der Waals surface area contributed by atoms with Gasteiger partial charge < -0.3 is 9.32 Å². The van der Waals surface area contributed by atoms with Crippen LogP contribution in [-0.2, 0) is 0 Å². The molecule has 282 valence electrons. The number of benzene rings is 10. The molecule has 0 radical (unpaired) electrons. The molecule has 2 nitrogen and oxygen atoms in total. The smallest absolute Gasteiger partial charge is 0.135 e. The molecule has 0 atom stereocenters. The lowest BCUT2D eigenvalue weighted by Gasteiger charge is -2.26. The van der Waals surface area contributed by atoms with Gasteiger partial charge in [-0.25, -0.2) is 0 Å². The van der Waals surface area contributed by atoms with E-state index in [0.717, 1.165) is 50.1 Å². The number of para-hydroxylation sites is 1. The van der Waals surface area contributed by atoms with Crippen molar-refractivity contribution >= 4 is 49.8 Å². The summed E-state index contributed by atoms with van der Waals surface area (Å²) in [6.07, 6.45) is 0. The van der Waals surface area contributed by atoms with Crippen LogP contribution < -0.4 is 4.90 Å². The molecule has 1 heterocycles. The van der Waals surface area contributed by atoms with Crippen LogP contribution in [0.4, 0.5) is 17.1 Å². The van der Waals surface area contributed by atoms with E-state index in [1.54, 1.807) is 0 Å². The van der Waals surface area contributed by atoms with Crippen LogP contribution in [0.3, 0.4) is 0 Å². The Labute approximate surface area is 349 Å². The highest BCUT2D eigenvalue weighted by Gasteiger charge is 2.16. The second-order valence-corrected chi connectivity index (χ2v) is 15.3. The van der Waals surface area contributed by atoms with E-state index in [1.807, 2.05) is 12.1 Å². The second-order valence-electron chi connectivity index (χ2n) is 15.3. The SMILES string of the molecule is c1ccc(-c2cccc(-c3ccc(N(c4ccc(-c5ccc(-c6cccc7ccccc67)cc5)cc4)c4cccc(-c5ccc6oc7ccccc7c6c5)c4)cc3)c2)cc1. The molecule has 2 heteroatoms. The van der Waals surface area contributed by atoms with E-state index in [2.05, 4.69) is 229 Å². The molecule has 11 aromatic rings. The summed E-state index contributed by atoms with van der Waals surface area (Å²) in [6.45, 7) is 0. The van der Waals surface area contributed by atoms with Gasteiger partial charge in [-0.2, -0.15) is 0 Å². The molecule has 0 unspecified atom stereocenters. The van der Waals surface area contributed by atoms with Gasteiger partial charge in [-0.1, -0.05) is 176 Å². The Balaban J connectivity index is 0.957. The van der Waals surface area contributed by atoms with Crippen LogP contribution in [-0.4, -0.2) is 0 Å². The van der Waals surface area contributed by atoms with Crippen molar-refractivity contribution in [3.8, 4) is 55.6 Å². The summed E-state index contributed by atoms with van der Waals surface area (Å²) in [5.41, 5.74) is 16.9. The molecule has 10 aromatic carbocycles. The topological polar surface area (TPSA) is 16.4 Å². The minimum absolute atomic E-state index is 0.899. The molecule has 0 fully saturated rings. The fourth-order valence-corrected chi connectivity index (χ4v) is 8.61. The van der Waals surface area contributed by atoms with Gasteiger partial charge in [0.15, 0.2) is 0 Å². The number of rotatable bonds is 8. The summed E-state index contributed by atoms with van der Waals surface area (Å²) < 4.78 is 6.17. The van der Waals surface area contributed by atoms with Gasteiger partial charge in [-0.3, -0.25) is 0 Å². The van der Waals surface area contributed by atoms with Gasteiger partial charge in [0, 0.05) is 27.8 Å². The molecule has 60 heavy (non-hydrogen) atoms. The van der Waals surface area contributed by atoms with Crippen LogP contribution in [0.15, 0.2) is 241 Å². The van der Waals surface area contributed by atoms with Gasteiger partial charge in [-0.05, 0) is 127 Å². The van der Waals surface area contributed by atoms with E-state index in [-0.39, 0.29) is 0 Å². The minimum Gasteiger partial charge on any atom is -0.456 e. The molecule has 0 spiro atoms. The van der Waals surface area contributed by atoms with Crippen molar-refractivity contribution < 1.29 is 4.42 Å². The monoisotopic (exact) mass is 765 g/mol. The predicted octanol–water partition coefficient (Wildman–Crippen LogP) is 16.5. The molecule has 0 aliphatic heterocycles. The van der Waals surface area contributed by atoms with E-state index in [9.17, 15) is 0 Å². The highest BCUT2D eigenvalue weighted by molar-refractivity contribution is 6.06. The Bertz CT molecular complexity index is 3280. The zero-order valence-corrected chi connectivity index (χ0v) is 32.9. The van der Waals surface area contributed by atoms with Crippen molar-refractivity contribution in [2.45, 2.75) is 0 Å². The minimum atomic E-state index is 0.899. The largest absolute Gasteiger partial charge is 0.456 e. The van der Waals surface area contributed by atoms with Gasteiger partial charge in [0.1, 0.15) is 11.2 Å². The summed E-state index contributed by atoms with van der Waals surface area (Å²) in [5.74, 6) is 0. The van der Waals surface area contributed by atoms with E-state index in [0.29, 0.717) is 0 Å². The van der Waals surface area contributed by atoms with Crippen molar-refractivity contribution in [3.63, 3.8) is 0 Å². The van der Waals surface area contributed by atoms with Crippen LogP contribution >= 0.6 is 0 Å². The molecule has 11 rings (SSSR count). The Morgan fingerprint density at radius 2 is 0.717 bits per heavy atom. The van der Waals surface area contributed by atoms with Crippen LogP contribution in [0, 0.1) is 0 Å². The zero-order chi connectivity index (χ0) is 39.8. The summed E-state index contributed by atoms with van der Waals surface area (Å²) >= 11 is 0. The van der Waals surface area contributed by atoms with Gasteiger partial charge >= 0.3 is 0 Å². The standard InChI is InChI=1S/C58H39NO/c1-2-11-40(12-3-1)46-15-8-16-47(37-46)43-29-34-51(35-30-43)59(52-18-9-17-48(38-52)49-31-36-58-56(39-49)55-20-6-7-22-57(55)60-58)50-32-27-42(28-33-50)41-23-25-45(26-24-41)54-21-10-14-44-13-4-5-19-53(44)54/h1-39H. The molecule has 0 saturated carbocycles. The number of nitrogens with zero attached hydrogens (tertiary/aromatic N) is 1. The highest BCUT2D eigenvalue weighted by atomic mass is 16.3. The molecule has 0 N–H and O–H groups in total. The quantitative estimate of drug-likeness (QED) is 0.153. The van der Waals surface area contributed by atoms with Crippen molar-refractivity contribution in [2.75, 3.05) is 4.90 Å². The molecule has 0 bridgehead atoms. The molecule has 0 amide bonds. The number of furan rings is 1. The third-order valence-electron chi connectivity index (χ3n) is 11.7. The first-order valence-electron chi connectivity index (χ1n) is 20.5. The van der Waals surface area contributed by atoms with E-state index in [1.165, 1.54) is 55.3 Å². The summed E-state index contributed by atoms with van der Waals surface area (Å²) in [6, 6.07) is 84.9. The predicted molar refractivity (Wildman–Crippen MR) is 253 cm³/mol. The van der Waals surface area contributed by atoms with Crippen molar-refractivity contribution in [3.05, 3.63) is 237 Å². The maximum absolute atomic E-state index is 6.17. The van der Waals surface area contributed by atoms with Crippen LogP contribution in [0.5, 0.6) is 0 Å². The maximum Gasteiger partial charge on any atom is 0.135 e. The number of fused-ring (bicyclic) bond motifs is 4. The first kappa shape index (κ1) is 35.2. The van der Waals surface area contributed by atoms with Crippen LogP contribution in [0.2, 0.25) is 0 Å². The first-order valence-corrected chi connectivity index (χ1v) is 20.5. The molecular formula is C58H39NO. The summed E-state index contributed by atoms with van der Waals surface area (Å²) in [5, 5.41) is 4.78. The Morgan fingerprint density at radius 1 is 0.250 bits per heavy atom. The fourth-order valence-electron chi connectivity index (χ4n) is 8.61. The van der Waals surface area contributed by atoms with Crippen molar-refractivity contribution in [2.24, 2.45) is 0 Å². The zero-order valence-electron chi connectivity index (χ0n) is 32.9. The van der Waals surface area contributed by atoms with E-state index in [4.69, 9.17) is 4.42 Å². The third kappa shape index (κ3) is 6.61. The van der Waals surface area contributed by atoms with Gasteiger partial charge in [0.25, 0.3) is 0 Å². The van der Waals surface area contributed by atoms with Crippen LogP contribution in [0.1, 0.15) is 0 Å². The van der Waals surface area contributed by atoms with E-state index >= 15 is 0 Å². The third-order valence-corrected chi connectivity index (χ3v) is 11.7. The molecule has 0 aliphatic rings. The normalized spacial score (nSPS) is 11.3. The summed E-state index contributed by atoms with van der Waals surface area (Å²) in [7, 11) is 0. The summed E-state index contributed by atoms with van der Waals surface area (Å²) in [4.78, 5) is 2.35. The first-order chi connectivity index (χ1) is 29.7. The average molecular weight is 766 g/mol. The van der Waals surface area contributed by atoms with Gasteiger partial charge in [0.2, 0.25) is 0 Å². The Kier molecular flexibility index (Phi) is 8.87. The molecule has 1 aromatic heterocycles. The lowest BCUT2D eigenvalue weighted by molar-refractivity contribution is 0.669. The maximum atomic E-state index is 6.17. The number of hydrogen-bond acceptors (Lipinski definition) is 2. The Hall–Kier alpha value is -7.94.